The van der Waals surface area contributed by atoms with Crippen LogP contribution in [0.4, 0.5) is 0 Å². The zero-order valence-corrected chi connectivity index (χ0v) is 12.8. The molecule has 1 fully saturated rings. The smallest absolute Gasteiger partial charge is 0.328 e. The molecule has 3 rings (SSSR count). The zero-order chi connectivity index (χ0) is 15.0. The number of fused-ring (bicyclic) bond motifs is 1. The summed E-state index contributed by atoms with van der Waals surface area (Å²) in [5.41, 5.74) is 1.27. The highest BCUT2D eigenvalue weighted by molar-refractivity contribution is 7.14. The largest absolute Gasteiger partial charge is 0.480 e. The summed E-state index contributed by atoms with van der Waals surface area (Å²) >= 11 is 1.53. The van der Waals surface area contributed by atoms with Crippen LogP contribution in [0.1, 0.15) is 33.5 Å². The van der Waals surface area contributed by atoms with E-state index >= 15 is 0 Å². The lowest BCUT2D eigenvalue weighted by molar-refractivity contribution is -0.147. The Kier molecular flexibility index (Phi) is 3.99. The Morgan fingerprint density at radius 1 is 1.48 bits per heavy atom. The van der Waals surface area contributed by atoms with Crippen molar-refractivity contribution in [3.63, 3.8) is 0 Å². The average molecular weight is 309 g/mol. The van der Waals surface area contributed by atoms with Crippen molar-refractivity contribution in [1.29, 1.82) is 0 Å². The number of amides is 1. The van der Waals surface area contributed by atoms with E-state index < -0.39 is 12.0 Å². The standard InChI is InChI=1S/C15H19NO4S/c1-9-2-3-12-10(6-9)7-13(21-12)14(17)16-4-5-20-8-11(16)15(18)19/h7,9,11H,2-6,8H2,1H3,(H,18,19)/t9-,11+/m0/s1. The quantitative estimate of drug-likeness (QED) is 0.904. The number of hydrogen-bond acceptors (Lipinski definition) is 4. The lowest BCUT2D eigenvalue weighted by Crippen LogP contribution is -2.52. The first-order valence-corrected chi connectivity index (χ1v) is 8.11. The molecule has 0 bridgehead atoms. The van der Waals surface area contributed by atoms with Gasteiger partial charge in [-0.2, -0.15) is 0 Å². The van der Waals surface area contributed by atoms with Gasteiger partial charge in [-0.3, -0.25) is 4.79 Å². The fourth-order valence-corrected chi connectivity index (χ4v) is 4.17. The van der Waals surface area contributed by atoms with Crippen molar-refractivity contribution in [3.05, 3.63) is 21.4 Å². The van der Waals surface area contributed by atoms with Gasteiger partial charge in [-0.25, -0.2) is 4.79 Å². The average Bonchev–Trinajstić information content (AvgIpc) is 2.89. The van der Waals surface area contributed by atoms with Crippen LogP contribution in [0.15, 0.2) is 6.07 Å². The van der Waals surface area contributed by atoms with Gasteiger partial charge in [0.05, 0.1) is 18.1 Å². The van der Waals surface area contributed by atoms with Crippen LogP contribution in [-0.4, -0.2) is 47.7 Å². The first-order valence-electron chi connectivity index (χ1n) is 7.29. The van der Waals surface area contributed by atoms with Crippen LogP contribution in [0.5, 0.6) is 0 Å². The summed E-state index contributed by atoms with van der Waals surface area (Å²) in [6.45, 7) is 3.04. The summed E-state index contributed by atoms with van der Waals surface area (Å²) in [7, 11) is 0. The molecule has 21 heavy (non-hydrogen) atoms. The van der Waals surface area contributed by atoms with E-state index in [0.29, 0.717) is 23.9 Å². The maximum Gasteiger partial charge on any atom is 0.328 e. The van der Waals surface area contributed by atoms with Crippen LogP contribution >= 0.6 is 11.3 Å². The topological polar surface area (TPSA) is 66.8 Å². The van der Waals surface area contributed by atoms with Gasteiger partial charge in [-0.05, 0) is 36.8 Å². The fourth-order valence-electron chi connectivity index (χ4n) is 3.00. The second kappa shape index (κ2) is 5.77. The predicted molar refractivity (Wildman–Crippen MR) is 78.8 cm³/mol. The van der Waals surface area contributed by atoms with E-state index in [4.69, 9.17) is 4.74 Å². The molecular weight excluding hydrogens is 290 g/mol. The summed E-state index contributed by atoms with van der Waals surface area (Å²) in [5.74, 6) is -0.513. The SMILES string of the molecule is C[C@H]1CCc2sc(C(=O)N3CCOC[C@@H]3C(=O)O)cc2C1. The maximum atomic E-state index is 12.6. The molecule has 6 heteroatoms. The van der Waals surface area contributed by atoms with Crippen molar-refractivity contribution < 1.29 is 19.4 Å². The lowest BCUT2D eigenvalue weighted by atomic mass is 9.90. The van der Waals surface area contributed by atoms with Crippen molar-refractivity contribution in [2.45, 2.75) is 32.2 Å². The van der Waals surface area contributed by atoms with Gasteiger partial charge in [0, 0.05) is 11.4 Å². The molecule has 1 aliphatic heterocycles. The number of rotatable bonds is 2. The second-order valence-electron chi connectivity index (χ2n) is 5.83. The van der Waals surface area contributed by atoms with E-state index in [9.17, 15) is 14.7 Å². The van der Waals surface area contributed by atoms with Gasteiger partial charge in [0.2, 0.25) is 0 Å². The normalized spacial score (nSPS) is 25.5. The maximum absolute atomic E-state index is 12.6. The molecule has 1 N–H and O–H groups in total. The summed E-state index contributed by atoms with van der Waals surface area (Å²) in [6.07, 6.45) is 3.21. The first-order chi connectivity index (χ1) is 10.1. The Labute approximate surface area is 127 Å². The number of nitrogens with zero attached hydrogens (tertiary/aromatic N) is 1. The monoisotopic (exact) mass is 309 g/mol. The number of ether oxygens (including phenoxy) is 1. The summed E-state index contributed by atoms with van der Waals surface area (Å²) in [5, 5.41) is 9.23. The van der Waals surface area contributed by atoms with Gasteiger partial charge in [0.1, 0.15) is 0 Å². The Balaban J connectivity index is 1.83. The molecule has 0 radical (unpaired) electrons. The number of hydrogen-bond donors (Lipinski definition) is 1. The van der Waals surface area contributed by atoms with Gasteiger partial charge in [0.15, 0.2) is 6.04 Å². The number of morpholine rings is 1. The number of carboxylic acid groups (broad SMARTS) is 1. The highest BCUT2D eigenvalue weighted by Gasteiger charge is 2.34. The van der Waals surface area contributed by atoms with Crippen molar-refractivity contribution in [2.75, 3.05) is 19.8 Å². The summed E-state index contributed by atoms with van der Waals surface area (Å²) < 4.78 is 5.18. The third-order valence-electron chi connectivity index (χ3n) is 4.21. The molecule has 0 saturated carbocycles. The molecule has 0 spiro atoms. The number of carbonyl (C=O) groups excluding carboxylic acids is 1. The van der Waals surface area contributed by atoms with Gasteiger partial charge >= 0.3 is 5.97 Å². The van der Waals surface area contributed by atoms with Gasteiger partial charge in [-0.15, -0.1) is 11.3 Å². The minimum absolute atomic E-state index is 0.0726. The van der Waals surface area contributed by atoms with Crippen LogP contribution in [0, 0.1) is 5.92 Å². The van der Waals surface area contributed by atoms with Crippen LogP contribution in [0.25, 0.3) is 0 Å². The van der Waals surface area contributed by atoms with E-state index in [2.05, 4.69) is 6.92 Å². The van der Waals surface area contributed by atoms with Gasteiger partial charge in [0.25, 0.3) is 5.91 Å². The number of aliphatic carboxylic acids is 1. The predicted octanol–water partition coefficient (Wildman–Crippen LogP) is 1.80. The lowest BCUT2D eigenvalue weighted by Gasteiger charge is -2.32. The van der Waals surface area contributed by atoms with E-state index in [1.165, 1.54) is 26.7 Å². The molecule has 5 nitrogen and oxygen atoms in total. The first kappa shape index (κ1) is 14.5. The number of aryl methyl sites for hydroxylation is 1. The Bertz CT molecular complexity index is 568. The van der Waals surface area contributed by atoms with Crippen LogP contribution in [0.3, 0.4) is 0 Å². The van der Waals surface area contributed by atoms with E-state index in [1.807, 2.05) is 6.07 Å². The zero-order valence-electron chi connectivity index (χ0n) is 12.0. The number of carbonyl (C=O) groups is 2. The van der Waals surface area contributed by atoms with Crippen LogP contribution in [0.2, 0.25) is 0 Å². The van der Waals surface area contributed by atoms with Crippen molar-refractivity contribution in [1.82, 2.24) is 4.90 Å². The third-order valence-corrected chi connectivity index (χ3v) is 5.44. The van der Waals surface area contributed by atoms with Gasteiger partial charge in [-0.1, -0.05) is 6.92 Å². The van der Waals surface area contributed by atoms with E-state index in [1.54, 1.807) is 0 Å². The van der Waals surface area contributed by atoms with Crippen LogP contribution in [-0.2, 0) is 22.4 Å². The van der Waals surface area contributed by atoms with Crippen molar-refractivity contribution in [3.8, 4) is 0 Å². The highest BCUT2D eigenvalue weighted by Crippen LogP contribution is 2.33. The Morgan fingerprint density at radius 3 is 3.05 bits per heavy atom. The molecule has 2 heterocycles. The molecule has 1 aliphatic carbocycles. The van der Waals surface area contributed by atoms with E-state index in [0.717, 1.165) is 19.3 Å². The van der Waals surface area contributed by atoms with Gasteiger partial charge < -0.3 is 14.7 Å². The molecule has 0 unspecified atom stereocenters. The molecule has 1 aromatic heterocycles. The molecule has 2 aliphatic rings. The molecular formula is C15H19NO4S. The molecule has 1 amide bonds. The molecule has 114 valence electrons. The Hall–Kier alpha value is -1.40. The Morgan fingerprint density at radius 2 is 2.29 bits per heavy atom. The summed E-state index contributed by atoms with van der Waals surface area (Å²) in [4.78, 5) is 27.3. The number of carboxylic acids is 1. The minimum Gasteiger partial charge on any atom is -0.480 e. The minimum atomic E-state index is -1.00. The highest BCUT2D eigenvalue weighted by atomic mass is 32.1. The molecule has 2 atom stereocenters. The molecule has 1 saturated heterocycles. The third kappa shape index (κ3) is 2.82. The number of thiophene rings is 1. The second-order valence-corrected chi connectivity index (χ2v) is 6.97. The fraction of sp³-hybridized carbons (Fsp3) is 0.600. The molecule has 1 aromatic rings. The van der Waals surface area contributed by atoms with Crippen LogP contribution < -0.4 is 0 Å². The van der Waals surface area contributed by atoms with Crippen molar-refractivity contribution >= 4 is 23.2 Å². The molecule has 0 aromatic carbocycles. The van der Waals surface area contributed by atoms with E-state index in [-0.39, 0.29) is 12.5 Å². The summed E-state index contributed by atoms with van der Waals surface area (Å²) in [6, 6.07) is 1.09. The van der Waals surface area contributed by atoms with Crippen molar-refractivity contribution in [2.24, 2.45) is 5.92 Å².